The van der Waals surface area contributed by atoms with E-state index in [-0.39, 0.29) is 12.6 Å². The molecule has 0 aromatic carbocycles. The van der Waals surface area contributed by atoms with E-state index < -0.39 is 6.10 Å². The van der Waals surface area contributed by atoms with Crippen molar-refractivity contribution in [2.24, 2.45) is 0 Å². The topological polar surface area (TPSA) is 55.8 Å². The van der Waals surface area contributed by atoms with E-state index in [1.54, 1.807) is 0 Å². The highest BCUT2D eigenvalue weighted by Gasteiger charge is 2.13. The second kappa shape index (κ2) is 45.5. The number of esters is 1. The van der Waals surface area contributed by atoms with Gasteiger partial charge in [-0.25, -0.2) is 0 Å². The van der Waals surface area contributed by atoms with Crippen LogP contribution in [0.5, 0.6) is 0 Å². The molecule has 0 aromatic heterocycles. The van der Waals surface area contributed by atoms with Crippen molar-refractivity contribution in [3.63, 3.8) is 0 Å². The van der Waals surface area contributed by atoms with Crippen LogP contribution in [-0.4, -0.2) is 37.0 Å². The minimum atomic E-state index is -0.539. The van der Waals surface area contributed by atoms with Crippen molar-refractivity contribution in [2.45, 2.75) is 232 Å². The third-order valence-corrected chi connectivity index (χ3v) is 9.92. The van der Waals surface area contributed by atoms with E-state index in [4.69, 9.17) is 9.47 Å². The molecule has 0 radical (unpaired) electrons. The van der Waals surface area contributed by atoms with Gasteiger partial charge < -0.3 is 14.6 Å². The van der Waals surface area contributed by atoms with Gasteiger partial charge in [0.05, 0.1) is 13.2 Å². The van der Waals surface area contributed by atoms with Crippen molar-refractivity contribution in [2.75, 3.05) is 19.8 Å². The lowest BCUT2D eigenvalue weighted by Gasteiger charge is -2.16. The number of hydrogen-bond acceptors (Lipinski definition) is 4. The van der Waals surface area contributed by atoms with E-state index in [0.29, 0.717) is 19.6 Å². The molecule has 0 spiro atoms. The van der Waals surface area contributed by atoms with E-state index in [0.717, 1.165) is 44.9 Å². The van der Waals surface area contributed by atoms with Crippen LogP contribution in [0.15, 0.2) is 48.6 Å². The SMILES string of the molecule is CC/C=C\C/C=C\C/C=C\C/C=C\CCCCCCCCCOCC(CO)OC(=O)CCCCCCCCCCCCCCCCCCCCCC. The van der Waals surface area contributed by atoms with Gasteiger partial charge in [0.15, 0.2) is 0 Å². The Labute approximate surface area is 324 Å². The van der Waals surface area contributed by atoms with Crippen molar-refractivity contribution in [3.8, 4) is 0 Å². The molecule has 0 amide bonds. The third kappa shape index (κ3) is 42.8. The Hall–Kier alpha value is -1.65. The summed E-state index contributed by atoms with van der Waals surface area (Å²) >= 11 is 0. The molecular weight excluding hydrogens is 641 g/mol. The summed E-state index contributed by atoms with van der Waals surface area (Å²) in [7, 11) is 0. The summed E-state index contributed by atoms with van der Waals surface area (Å²) in [5, 5.41) is 9.62. The predicted molar refractivity (Wildman–Crippen MR) is 228 cm³/mol. The van der Waals surface area contributed by atoms with E-state index in [2.05, 4.69) is 62.5 Å². The van der Waals surface area contributed by atoms with Gasteiger partial charge in [-0.3, -0.25) is 4.79 Å². The van der Waals surface area contributed by atoms with E-state index >= 15 is 0 Å². The van der Waals surface area contributed by atoms with E-state index in [1.807, 2.05) is 0 Å². The Balaban J connectivity index is 3.42. The number of ether oxygens (including phenoxy) is 2. The normalized spacial score (nSPS) is 12.8. The Kier molecular flexibility index (Phi) is 44.1. The standard InChI is InChI=1S/C48H88O4/c1-3-5-7-9-11-13-15-17-19-21-23-25-27-29-31-33-35-37-39-41-43-48(50)52-47(45-49)46-51-44-42-40-38-36-34-32-30-28-26-24-22-20-18-16-14-12-10-8-6-4-2/h6,8,12,14,18,20,24,26,47,49H,3-5,7,9-11,13,15-17,19,21-23,25,27-46H2,1-2H3/b8-6-,14-12-,20-18-,26-24-. The molecule has 304 valence electrons. The number of rotatable bonds is 42. The summed E-state index contributed by atoms with van der Waals surface area (Å²) in [6, 6.07) is 0. The Bertz CT molecular complexity index is 813. The van der Waals surface area contributed by atoms with Crippen LogP contribution in [-0.2, 0) is 14.3 Å². The van der Waals surface area contributed by atoms with Crippen molar-refractivity contribution < 1.29 is 19.4 Å². The fourth-order valence-corrected chi connectivity index (χ4v) is 6.56. The molecule has 0 aliphatic carbocycles. The van der Waals surface area contributed by atoms with Gasteiger partial charge in [-0.2, -0.15) is 0 Å². The number of unbranched alkanes of at least 4 members (excludes halogenated alkanes) is 26. The minimum absolute atomic E-state index is 0.175. The van der Waals surface area contributed by atoms with Crippen LogP contribution in [0, 0.1) is 0 Å². The largest absolute Gasteiger partial charge is 0.457 e. The van der Waals surface area contributed by atoms with Crippen LogP contribution in [0.1, 0.15) is 226 Å². The van der Waals surface area contributed by atoms with Gasteiger partial charge in [0.2, 0.25) is 0 Å². The van der Waals surface area contributed by atoms with Gasteiger partial charge >= 0.3 is 5.97 Å². The molecule has 4 nitrogen and oxygen atoms in total. The average Bonchev–Trinajstić information content (AvgIpc) is 3.15. The van der Waals surface area contributed by atoms with Crippen molar-refractivity contribution in [1.29, 1.82) is 0 Å². The van der Waals surface area contributed by atoms with Crippen LogP contribution in [0.25, 0.3) is 0 Å². The molecule has 0 rings (SSSR count). The molecule has 0 aliphatic heterocycles. The zero-order valence-corrected chi connectivity index (χ0v) is 34.8. The fraction of sp³-hybridized carbons (Fsp3) is 0.812. The smallest absolute Gasteiger partial charge is 0.306 e. The molecule has 4 heteroatoms. The molecule has 1 atom stereocenters. The quantitative estimate of drug-likeness (QED) is 0.0386. The lowest BCUT2D eigenvalue weighted by atomic mass is 10.0. The first kappa shape index (κ1) is 50.4. The summed E-state index contributed by atoms with van der Waals surface area (Å²) in [4.78, 5) is 12.2. The number of aliphatic hydroxyl groups excluding tert-OH is 1. The summed E-state index contributed by atoms with van der Waals surface area (Å²) in [6.07, 6.45) is 58.9. The summed E-state index contributed by atoms with van der Waals surface area (Å²) in [5.74, 6) is -0.202. The van der Waals surface area contributed by atoms with Gasteiger partial charge in [0.25, 0.3) is 0 Å². The first-order valence-electron chi connectivity index (χ1n) is 22.7. The van der Waals surface area contributed by atoms with Crippen LogP contribution in [0.2, 0.25) is 0 Å². The Morgan fingerprint density at radius 1 is 0.481 bits per heavy atom. The van der Waals surface area contributed by atoms with Gasteiger partial charge in [0, 0.05) is 13.0 Å². The maximum Gasteiger partial charge on any atom is 0.306 e. The molecule has 0 saturated carbocycles. The number of allylic oxidation sites excluding steroid dienone is 8. The molecule has 1 N–H and O–H groups in total. The van der Waals surface area contributed by atoms with Crippen LogP contribution in [0.3, 0.4) is 0 Å². The maximum atomic E-state index is 12.2. The zero-order chi connectivity index (χ0) is 37.7. The van der Waals surface area contributed by atoms with Crippen molar-refractivity contribution in [1.82, 2.24) is 0 Å². The monoisotopic (exact) mass is 729 g/mol. The highest BCUT2D eigenvalue weighted by Crippen LogP contribution is 2.15. The highest BCUT2D eigenvalue weighted by atomic mass is 16.6. The Morgan fingerprint density at radius 2 is 0.865 bits per heavy atom. The zero-order valence-electron chi connectivity index (χ0n) is 34.8. The highest BCUT2D eigenvalue weighted by molar-refractivity contribution is 5.69. The molecular formula is C48H88O4. The van der Waals surface area contributed by atoms with Gasteiger partial charge in [-0.1, -0.05) is 217 Å². The first-order chi connectivity index (χ1) is 25.7. The van der Waals surface area contributed by atoms with Crippen molar-refractivity contribution in [3.05, 3.63) is 48.6 Å². The van der Waals surface area contributed by atoms with Crippen LogP contribution < -0.4 is 0 Å². The minimum Gasteiger partial charge on any atom is -0.457 e. The second-order valence-electron chi connectivity index (χ2n) is 15.1. The summed E-state index contributed by atoms with van der Waals surface area (Å²) in [5.41, 5.74) is 0. The second-order valence-corrected chi connectivity index (χ2v) is 15.1. The lowest BCUT2D eigenvalue weighted by molar-refractivity contribution is -0.154. The van der Waals surface area contributed by atoms with Crippen LogP contribution in [0.4, 0.5) is 0 Å². The maximum absolute atomic E-state index is 12.2. The molecule has 0 aliphatic rings. The Morgan fingerprint density at radius 3 is 1.31 bits per heavy atom. The number of hydrogen-bond donors (Lipinski definition) is 1. The van der Waals surface area contributed by atoms with E-state index in [1.165, 1.54) is 161 Å². The van der Waals surface area contributed by atoms with Gasteiger partial charge in [-0.05, 0) is 51.4 Å². The fourth-order valence-electron chi connectivity index (χ4n) is 6.56. The summed E-state index contributed by atoms with van der Waals surface area (Å²) < 4.78 is 11.2. The predicted octanol–water partition coefficient (Wildman–Crippen LogP) is 15.0. The van der Waals surface area contributed by atoms with E-state index in [9.17, 15) is 9.90 Å². The molecule has 0 bridgehead atoms. The lowest BCUT2D eigenvalue weighted by Crippen LogP contribution is -2.27. The van der Waals surface area contributed by atoms with Crippen LogP contribution >= 0.6 is 0 Å². The molecule has 0 heterocycles. The molecule has 0 saturated heterocycles. The number of carbonyl (C=O) groups is 1. The first-order valence-corrected chi connectivity index (χ1v) is 22.7. The number of aliphatic hydroxyl groups is 1. The third-order valence-electron chi connectivity index (χ3n) is 9.92. The summed E-state index contributed by atoms with van der Waals surface area (Å²) in [6.45, 7) is 5.24. The molecule has 1 unspecified atom stereocenters. The number of carbonyl (C=O) groups excluding carboxylic acids is 1. The molecule has 0 fully saturated rings. The molecule has 52 heavy (non-hydrogen) atoms. The van der Waals surface area contributed by atoms with Gasteiger partial charge in [-0.15, -0.1) is 0 Å². The van der Waals surface area contributed by atoms with Gasteiger partial charge in [0.1, 0.15) is 6.10 Å². The van der Waals surface area contributed by atoms with Crippen molar-refractivity contribution >= 4 is 5.97 Å². The average molecular weight is 729 g/mol. The molecule has 0 aromatic rings.